The molecule has 0 aliphatic carbocycles. The van der Waals surface area contributed by atoms with Crippen LogP contribution in [0.4, 0.5) is 5.69 Å². The summed E-state index contributed by atoms with van der Waals surface area (Å²) in [7, 11) is 1.54. The molecule has 5 nitrogen and oxygen atoms in total. The maximum atomic E-state index is 12.9. The number of amides is 1. The third-order valence-corrected chi connectivity index (χ3v) is 4.84. The van der Waals surface area contributed by atoms with Crippen LogP contribution in [-0.4, -0.2) is 25.6 Å². The molecule has 1 fully saturated rings. The molecule has 1 heterocycles. The van der Waals surface area contributed by atoms with E-state index in [9.17, 15) is 10.1 Å². The number of para-hydroxylation sites is 1. The van der Waals surface area contributed by atoms with Gasteiger partial charge in [-0.05, 0) is 42.7 Å². The molecule has 0 saturated carbocycles. The number of nitriles is 1. The predicted molar refractivity (Wildman–Crippen MR) is 101 cm³/mol. The van der Waals surface area contributed by atoms with Crippen molar-refractivity contribution in [3.8, 4) is 11.8 Å². The van der Waals surface area contributed by atoms with E-state index in [1.165, 1.54) is 7.11 Å². The van der Waals surface area contributed by atoms with Gasteiger partial charge in [0, 0.05) is 13.1 Å². The Bertz CT molecular complexity index is 847. The number of hydrogen-bond acceptors (Lipinski definition) is 4. The zero-order chi connectivity index (χ0) is 18.5. The van der Waals surface area contributed by atoms with Gasteiger partial charge in [0.2, 0.25) is 5.91 Å². The van der Waals surface area contributed by atoms with E-state index in [4.69, 9.17) is 16.3 Å². The second-order valence-corrected chi connectivity index (χ2v) is 6.57. The number of nitrogens with one attached hydrogen (secondary N) is 1. The fourth-order valence-electron chi connectivity index (χ4n) is 3.17. The molecule has 1 atom stereocenters. The summed E-state index contributed by atoms with van der Waals surface area (Å²) in [6.07, 6.45) is 1.68. The summed E-state index contributed by atoms with van der Waals surface area (Å²) in [6.45, 7) is 1.17. The summed E-state index contributed by atoms with van der Waals surface area (Å²) in [6, 6.07) is 14.7. The summed E-state index contributed by atoms with van der Waals surface area (Å²) in [5.74, 6) is 0.577. The first-order valence-electron chi connectivity index (χ1n) is 8.50. The molecule has 3 rings (SSSR count). The number of carbonyl (C=O) groups is 1. The molecule has 1 aliphatic rings. The summed E-state index contributed by atoms with van der Waals surface area (Å²) in [5, 5.41) is 13.1. The fourth-order valence-corrected chi connectivity index (χ4v) is 3.41. The number of methoxy groups -OCH3 is 1. The zero-order valence-electron chi connectivity index (χ0n) is 14.5. The van der Waals surface area contributed by atoms with Crippen molar-refractivity contribution < 1.29 is 9.53 Å². The Balaban J connectivity index is 1.70. The second kappa shape index (κ2) is 8.22. The van der Waals surface area contributed by atoms with Crippen LogP contribution < -0.4 is 15.0 Å². The summed E-state index contributed by atoms with van der Waals surface area (Å²) >= 11 is 6.25. The Morgan fingerprint density at radius 1 is 1.35 bits per heavy atom. The maximum absolute atomic E-state index is 12.9. The standard InChI is InChI=1S/C20H20ClN3O2/c1-26-19-9-8-14(11-15(19)12-22)13-23-17-6-4-10-24(20(17)25)18-7-3-2-5-16(18)21/h2-3,5,7-9,11,17,23H,4,6,10,13H2,1H3/t17-/m0/s1. The Labute approximate surface area is 158 Å². The predicted octanol–water partition coefficient (Wildman–Crippen LogP) is 3.51. The second-order valence-electron chi connectivity index (χ2n) is 6.16. The van der Waals surface area contributed by atoms with Crippen molar-refractivity contribution in [2.75, 3.05) is 18.6 Å². The molecule has 6 heteroatoms. The summed E-state index contributed by atoms with van der Waals surface area (Å²) in [5.41, 5.74) is 2.17. The average Bonchev–Trinajstić information content (AvgIpc) is 2.67. The number of benzene rings is 2. The Hall–Kier alpha value is -2.55. The van der Waals surface area contributed by atoms with Gasteiger partial charge in [0.15, 0.2) is 0 Å². The average molecular weight is 370 g/mol. The SMILES string of the molecule is COc1ccc(CN[C@H]2CCCN(c3ccccc3Cl)C2=O)cc1C#N. The number of hydrogen-bond donors (Lipinski definition) is 1. The first kappa shape index (κ1) is 18.2. The largest absolute Gasteiger partial charge is 0.495 e. The molecule has 2 aromatic carbocycles. The van der Waals surface area contributed by atoms with Crippen LogP contribution in [0, 0.1) is 11.3 Å². The van der Waals surface area contributed by atoms with E-state index in [2.05, 4.69) is 11.4 Å². The molecular weight excluding hydrogens is 350 g/mol. The number of piperidine rings is 1. The molecule has 0 spiro atoms. The van der Waals surface area contributed by atoms with Crippen molar-refractivity contribution in [2.45, 2.75) is 25.4 Å². The van der Waals surface area contributed by atoms with E-state index in [-0.39, 0.29) is 11.9 Å². The smallest absolute Gasteiger partial charge is 0.244 e. The fraction of sp³-hybridized carbons (Fsp3) is 0.300. The van der Waals surface area contributed by atoms with Gasteiger partial charge in [0.1, 0.15) is 11.8 Å². The normalized spacial score (nSPS) is 17.0. The molecule has 1 aliphatic heterocycles. The monoisotopic (exact) mass is 369 g/mol. The van der Waals surface area contributed by atoms with E-state index in [1.807, 2.05) is 24.3 Å². The van der Waals surface area contributed by atoms with Gasteiger partial charge >= 0.3 is 0 Å². The van der Waals surface area contributed by atoms with Crippen molar-refractivity contribution in [2.24, 2.45) is 0 Å². The number of nitrogens with zero attached hydrogens (tertiary/aromatic N) is 2. The molecule has 0 bridgehead atoms. The maximum Gasteiger partial charge on any atom is 0.244 e. The van der Waals surface area contributed by atoms with E-state index in [1.54, 1.807) is 23.1 Å². The van der Waals surface area contributed by atoms with Crippen molar-refractivity contribution in [1.82, 2.24) is 5.32 Å². The van der Waals surface area contributed by atoms with Gasteiger partial charge in [-0.25, -0.2) is 0 Å². The van der Waals surface area contributed by atoms with Crippen LogP contribution in [0.5, 0.6) is 5.75 Å². The molecule has 2 aromatic rings. The lowest BCUT2D eigenvalue weighted by Gasteiger charge is -2.33. The van der Waals surface area contributed by atoms with E-state index in [0.29, 0.717) is 29.4 Å². The third-order valence-electron chi connectivity index (χ3n) is 4.52. The van der Waals surface area contributed by atoms with Crippen LogP contribution >= 0.6 is 11.6 Å². The summed E-state index contributed by atoms with van der Waals surface area (Å²) in [4.78, 5) is 14.6. The van der Waals surface area contributed by atoms with E-state index in [0.717, 1.165) is 24.1 Å². The minimum Gasteiger partial charge on any atom is -0.495 e. The van der Waals surface area contributed by atoms with Gasteiger partial charge < -0.3 is 15.0 Å². The number of halogens is 1. The van der Waals surface area contributed by atoms with Crippen molar-refractivity contribution in [3.05, 3.63) is 58.6 Å². The number of ether oxygens (including phenoxy) is 1. The minimum atomic E-state index is -0.271. The topological polar surface area (TPSA) is 65.4 Å². The molecule has 1 saturated heterocycles. The molecule has 0 unspecified atom stereocenters. The van der Waals surface area contributed by atoms with Crippen LogP contribution in [0.3, 0.4) is 0 Å². The molecular formula is C20H20ClN3O2. The molecule has 134 valence electrons. The van der Waals surface area contributed by atoms with Gasteiger partial charge in [0.05, 0.1) is 29.4 Å². The highest BCUT2D eigenvalue weighted by Gasteiger charge is 2.30. The van der Waals surface area contributed by atoms with E-state index < -0.39 is 0 Å². The highest BCUT2D eigenvalue weighted by molar-refractivity contribution is 6.33. The lowest BCUT2D eigenvalue weighted by Crippen LogP contribution is -2.50. The van der Waals surface area contributed by atoms with Gasteiger partial charge in [-0.1, -0.05) is 29.8 Å². The highest BCUT2D eigenvalue weighted by Crippen LogP contribution is 2.28. The Kier molecular flexibility index (Phi) is 5.77. The van der Waals surface area contributed by atoms with Gasteiger partial charge in [0.25, 0.3) is 0 Å². The van der Waals surface area contributed by atoms with Crippen LogP contribution in [0.15, 0.2) is 42.5 Å². The number of carbonyl (C=O) groups excluding carboxylic acids is 1. The quantitative estimate of drug-likeness (QED) is 0.875. The molecule has 0 aromatic heterocycles. The molecule has 0 radical (unpaired) electrons. The van der Waals surface area contributed by atoms with Gasteiger partial charge in [-0.2, -0.15) is 5.26 Å². The van der Waals surface area contributed by atoms with Crippen molar-refractivity contribution >= 4 is 23.2 Å². The Morgan fingerprint density at radius 2 is 2.15 bits per heavy atom. The van der Waals surface area contributed by atoms with Crippen LogP contribution in [0.25, 0.3) is 0 Å². The number of anilines is 1. The van der Waals surface area contributed by atoms with Crippen molar-refractivity contribution in [1.29, 1.82) is 5.26 Å². The van der Waals surface area contributed by atoms with Crippen LogP contribution in [0.2, 0.25) is 5.02 Å². The zero-order valence-corrected chi connectivity index (χ0v) is 15.3. The highest BCUT2D eigenvalue weighted by atomic mass is 35.5. The van der Waals surface area contributed by atoms with Crippen molar-refractivity contribution in [3.63, 3.8) is 0 Å². The minimum absolute atomic E-state index is 0.0263. The first-order valence-corrected chi connectivity index (χ1v) is 8.88. The number of rotatable bonds is 5. The Morgan fingerprint density at radius 3 is 2.88 bits per heavy atom. The lowest BCUT2D eigenvalue weighted by atomic mass is 10.0. The first-order chi connectivity index (χ1) is 12.6. The third kappa shape index (κ3) is 3.82. The summed E-state index contributed by atoms with van der Waals surface area (Å²) < 4.78 is 5.16. The van der Waals surface area contributed by atoms with E-state index >= 15 is 0 Å². The van der Waals surface area contributed by atoms with Crippen LogP contribution in [-0.2, 0) is 11.3 Å². The lowest BCUT2D eigenvalue weighted by molar-refractivity contribution is -0.121. The molecule has 1 N–H and O–H groups in total. The van der Waals surface area contributed by atoms with Crippen LogP contribution in [0.1, 0.15) is 24.0 Å². The molecule has 26 heavy (non-hydrogen) atoms. The van der Waals surface area contributed by atoms with Gasteiger partial charge in [-0.3, -0.25) is 4.79 Å². The molecule has 1 amide bonds. The van der Waals surface area contributed by atoms with Gasteiger partial charge in [-0.15, -0.1) is 0 Å².